The highest BCUT2D eigenvalue weighted by Crippen LogP contribution is 2.26. The molecule has 1 N–H and O–H groups in total. The Morgan fingerprint density at radius 2 is 1.84 bits per heavy atom. The van der Waals surface area contributed by atoms with Crippen molar-refractivity contribution in [3.05, 3.63) is 60.2 Å². The predicted octanol–water partition coefficient (Wildman–Crippen LogP) is 4.64. The topological polar surface area (TPSA) is 64.1 Å². The van der Waals surface area contributed by atoms with Gasteiger partial charge in [-0.3, -0.25) is 10.1 Å². The maximum Gasteiger partial charge on any atom is 0.257 e. The number of carbonyl (C=O) groups excluding carboxylic acids is 1. The summed E-state index contributed by atoms with van der Waals surface area (Å²) in [7, 11) is 0. The van der Waals surface area contributed by atoms with Gasteiger partial charge in [-0.05, 0) is 30.7 Å². The predicted molar refractivity (Wildman–Crippen MR) is 100 cm³/mol. The zero-order chi connectivity index (χ0) is 17.5. The lowest BCUT2D eigenvalue weighted by Crippen LogP contribution is -2.11. The SMILES string of the molecule is CCCCOc1ccc(C(=O)Nc2nnc(-c3ccccc3)s2)cc1. The highest BCUT2D eigenvalue weighted by molar-refractivity contribution is 7.18. The Hall–Kier alpha value is -2.73. The summed E-state index contributed by atoms with van der Waals surface area (Å²) in [5.74, 6) is 0.558. The van der Waals surface area contributed by atoms with Gasteiger partial charge in [0, 0.05) is 11.1 Å². The van der Waals surface area contributed by atoms with Gasteiger partial charge >= 0.3 is 0 Å². The maximum absolute atomic E-state index is 12.3. The van der Waals surface area contributed by atoms with Gasteiger partial charge in [0.1, 0.15) is 10.8 Å². The molecule has 0 saturated heterocycles. The maximum atomic E-state index is 12.3. The molecule has 3 aromatic rings. The molecule has 0 aliphatic heterocycles. The lowest BCUT2D eigenvalue weighted by atomic mass is 10.2. The molecule has 0 aliphatic rings. The van der Waals surface area contributed by atoms with E-state index in [1.165, 1.54) is 11.3 Å². The third-order valence-corrected chi connectivity index (χ3v) is 4.44. The molecule has 6 heteroatoms. The van der Waals surface area contributed by atoms with Crippen molar-refractivity contribution in [3.8, 4) is 16.3 Å². The zero-order valence-corrected chi connectivity index (χ0v) is 14.8. The number of unbranched alkanes of at least 4 members (excludes halogenated alkanes) is 1. The lowest BCUT2D eigenvalue weighted by molar-refractivity contribution is 0.102. The van der Waals surface area contributed by atoms with E-state index in [0.717, 1.165) is 29.2 Å². The molecule has 1 amide bonds. The average Bonchev–Trinajstić information content (AvgIpc) is 3.12. The van der Waals surface area contributed by atoms with E-state index in [2.05, 4.69) is 22.4 Å². The molecular formula is C19H19N3O2S. The largest absolute Gasteiger partial charge is 0.494 e. The minimum atomic E-state index is -0.212. The van der Waals surface area contributed by atoms with E-state index in [0.29, 0.717) is 17.3 Å². The van der Waals surface area contributed by atoms with E-state index in [-0.39, 0.29) is 5.91 Å². The molecule has 0 spiro atoms. The van der Waals surface area contributed by atoms with Crippen molar-refractivity contribution < 1.29 is 9.53 Å². The lowest BCUT2D eigenvalue weighted by Gasteiger charge is -2.06. The van der Waals surface area contributed by atoms with Crippen LogP contribution in [0.5, 0.6) is 5.75 Å². The van der Waals surface area contributed by atoms with Crippen molar-refractivity contribution in [1.29, 1.82) is 0 Å². The molecule has 1 aromatic heterocycles. The second-order valence-corrected chi connectivity index (χ2v) is 6.44. The molecule has 0 aliphatic carbocycles. The van der Waals surface area contributed by atoms with Crippen molar-refractivity contribution in [2.75, 3.05) is 11.9 Å². The van der Waals surface area contributed by atoms with Gasteiger partial charge in [0.05, 0.1) is 6.61 Å². The van der Waals surface area contributed by atoms with Crippen molar-refractivity contribution in [3.63, 3.8) is 0 Å². The summed E-state index contributed by atoms with van der Waals surface area (Å²) in [5, 5.41) is 12.2. The average molecular weight is 353 g/mol. The molecule has 1 heterocycles. The number of anilines is 1. The Bertz CT molecular complexity index is 816. The second-order valence-electron chi connectivity index (χ2n) is 5.46. The summed E-state index contributed by atoms with van der Waals surface area (Å²) in [6, 6.07) is 16.9. The molecule has 25 heavy (non-hydrogen) atoms. The Balaban J connectivity index is 1.61. The first-order valence-electron chi connectivity index (χ1n) is 8.19. The van der Waals surface area contributed by atoms with Crippen LogP contribution in [0.1, 0.15) is 30.1 Å². The van der Waals surface area contributed by atoms with Crippen LogP contribution in [0.4, 0.5) is 5.13 Å². The van der Waals surface area contributed by atoms with Crippen LogP contribution in [-0.2, 0) is 0 Å². The summed E-state index contributed by atoms with van der Waals surface area (Å²) < 4.78 is 5.60. The van der Waals surface area contributed by atoms with E-state index in [1.807, 2.05) is 30.3 Å². The molecular weight excluding hydrogens is 334 g/mol. The van der Waals surface area contributed by atoms with E-state index in [1.54, 1.807) is 24.3 Å². The Labute approximate surface area is 150 Å². The van der Waals surface area contributed by atoms with E-state index in [4.69, 9.17) is 4.74 Å². The Kier molecular flexibility index (Phi) is 5.74. The monoisotopic (exact) mass is 353 g/mol. The number of nitrogens with one attached hydrogen (secondary N) is 1. The second kappa shape index (κ2) is 8.39. The number of amides is 1. The first-order chi connectivity index (χ1) is 12.3. The van der Waals surface area contributed by atoms with Crippen LogP contribution in [0.2, 0.25) is 0 Å². The fourth-order valence-corrected chi connectivity index (χ4v) is 2.92. The van der Waals surface area contributed by atoms with Gasteiger partial charge < -0.3 is 4.74 Å². The van der Waals surface area contributed by atoms with Gasteiger partial charge in [-0.1, -0.05) is 55.0 Å². The van der Waals surface area contributed by atoms with Crippen molar-refractivity contribution in [2.45, 2.75) is 19.8 Å². The minimum Gasteiger partial charge on any atom is -0.494 e. The van der Waals surface area contributed by atoms with E-state index >= 15 is 0 Å². The third kappa shape index (κ3) is 4.64. The number of nitrogens with zero attached hydrogens (tertiary/aromatic N) is 2. The molecule has 0 atom stereocenters. The standard InChI is InChI=1S/C19H19N3O2S/c1-2-3-13-24-16-11-9-14(10-12-16)17(23)20-19-22-21-18(25-19)15-7-5-4-6-8-15/h4-12H,2-3,13H2,1H3,(H,20,22,23). The first kappa shape index (κ1) is 17.1. The number of carbonyl (C=O) groups is 1. The summed E-state index contributed by atoms with van der Waals surface area (Å²) in [5.41, 5.74) is 1.54. The first-order valence-corrected chi connectivity index (χ1v) is 9.01. The Morgan fingerprint density at radius 1 is 1.08 bits per heavy atom. The number of rotatable bonds is 7. The van der Waals surface area contributed by atoms with Crippen LogP contribution in [0.15, 0.2) is 54.6 Å². The van der Waals surface area contributed by atoms with Crippen LogP contribution >= 0.6 is 11.3 Å². The molecule has 0 radical (unpaired) electrons. The van der Waals surface area contributed by atoms with Crippen molar-refractivity contribution in [1.82, 2.24) is 10.2 Å². The van der Waals surface area contributed by atoms with E-state index < -0.39 is 0 Å². The van der Waals surface area contributed by atoms with Crippen LogP contribution in [0, 0.1) is 0 Å². The molecule has 3 rings (SSSR count). The van der Waals surface area contributed by atoms with Crippen LogP contribution < -0.4 is 10.1 Å². The molecule has 0 bridgehead atoms. The van der Waals surface area contributed by atoms with Gasteiger partial charge in [0.15, 0.2) is 0 Å². The normalized spacial score (nSPS) is 10.4. The fourth-order valence-electron chi connectivity index (χ4n) is 2.18. The molecule has 0 saturated carbocycles. The number of aromatic nitrogens is 2. The molecule has 5 nitrogen and oxygen atoms in total. The molecule has 0 unspecified atom stereocenters. The molecule has 0 fully saturated rings. The quantitative estimate of drug-likeness (QED) is 0.629. The number of hydrogen-bond donors (Lipinski definition) is 1. The number of hydrogen-bond acceptors (Lipinski definition) is 5. The van der Waals surface area contributed by atoms with E-state index in [9.17, 15) is 4.79 Å². The summed E-state index contributed by atoms with van der Waals surface area (Å²) in [6.45, 7) is 2.81. The highest BCUT2D eigenvalue weighted by Gasteiger charge is 2.11. The van der Waals surface area contributed by atoms with Crippen molar-refractivity contribution >= 4 is 22.4 Å². The Morgan fingerprint density at radius 3 is 2.56 bits per heavy atom. The van der Waals surface area contributed by atoms with Crippen LogP contribution in [-0.4, -0.2) is 22.7 Å². The van der Waals surface area contributed by atoms with Gasteiger partial charge in [-0.15, -0.1) is 10.2 Å². The van der Waals surface area contributed by atoms with Crippen molar-refractivity contribution in [2.24, 2.45) is 0 Å². The van der Waals surface area contributed by atoms with Gasteiger partial charge in [0.25, 0.3) is 5.91 Å². The smallest absolute Gasteiger partial charge is 0.257 e. The minimum absolute atomic E-state index is 0.212. The number of ether oxygens (including phenoxy) is 1. The highest BCUT2D eigenvalue weighted by atomic mass is 32.1. The summed E-state index contributed by atoms with van der Waals surface area (Å²) >= 11 is 1.35. The number of benzene rings is 2. The molecule has 2 aromatic carbocycles. The van der Waals surface area contributed by atoms with Gasteiger partial charge in [-0.25, -0.2) is 0 Å². The molecule has 128 valence electrons. The van der Waals surface area contributed by atoms with Gasteiger partial charge in [-0.2, -0.15) is 0 Å². The van der Waals surface area contributed by atoms with Crippen LogP contribution in [0.25, 0.3) is 10.6 Å². The van der Waals surface area contributed by atoms with Gasteiger partial charge in [0.2, 0.25) is 5.13 Å². The summed E-state index contributed by atoms with van der Waals surface area (Å²) in [4.78, 5) is 12.3. The fraction of sp³-hybridized carbons (Fsp3) is 0.211. The van der Waals surface area contributed by atoms with Crippen LogP contribution in [0.3, 0.4) is 0 Å². The summed E-state index contributed by atoms with van der Waals surface area (Å²) in [6.07, 6.45) is 2.11. The third-order valence-electron chi connectivity index (χ3n) is 3.55. The zero-order valence-electron chi connectivity index (χ0n) is 13.9.